The molecule has 2 aliphatic rings. The summed E-state index contributed by atoms with van der Waals surface area (Å²) >= 11 is 0. The average Bonchev–Trinajstić information content (AvgIpc) is 3.13. The Morgan fingerprint density at radius 3 is 2.45 bits per heavy atom. The number of hydrogen-bond acceptors (Lipinski definition) is 11. The summed E-state index contributed by atoms with van der Waals surface area (Å²) in [6.45, 7) is 9.16. The standard InChI is InChI=1S/C41H61N5O9/c1-25(2)36-39(52)42-33(24-29-13-11-14-30(48)23-29)40(53)46-21-12-15-32(44-46)41(54)55-35(26(3)20-22-45(6)7)17-10-8-9-16-34(49)28(5)37(50)31(38(51)43-36)19-18-27(4)47/h8-11,13-14,16,20,23,25,28,31-37,44,48-50H,12,15,17-19,21-22,24H2,1-7H3,(H,42,52)(H,43,51)/b10-8+,16-9+,26-20+/t28-,31+,32?,33-,34-,35+,36-,37+/m0/s1. The molecule has 304 valence electrons. The Morgan fingerprint density at radius 1 is 1.07 bits per heavy atom. The van der Waals surface area contributed by atoms with E-state index in [1.165, 1.54) is 30.1 Å². The third-order valence-corrected chi connectivity index (χ3v) is 10.0. The third-order valence-electron chi connectivity index (χ3n) is 10.0. The van der Waals surface area contributed by atoms with Gasteiger partial charge >= 0.3 is 5.97 Å². The van der Waals surface area contributed by atoms with Crippen molar-refractivity contribution >= 4 is 29.5 Å². The number of ether oxygens (including phenoxy) is 1. The summed E-state index contributed by atoms with van der Waals surface area (Å²) in [6, 6.07) is 3.12. The van der Waals surface area contributed by atoms with Crippen LogP contribution in [0.3, 0.4) is 0 Å². The van der Waals surface area contributed by atoms with Crippen LogP contribution in [0.15, 0.2) is 60.2 Å². The number of carbonyl (C=O) groups is 5. The summed E-state index contributed by atoms with van der Waals surface area (Å²) < 4.78 is 6.04. The number of phenolic OH excluding ortho intramolecular Hbond substituents is 1. The molecule has 1 fully saturated rings. The maximum absolute atomic E-state index is 14.2. The lowest BCUT2D eigenvalue weighted by molar-refractivity contribution is -0.156. The van der Waals surface area contributed by atoms with Crippen LogP contribution in [0.2, 0.25) is 0 Å². The quantitative estimate of drug-likeness (QED) is 0.159. The van der Waals surface area contributed by atoms with Gasteiger partial charge in [-0.05, 0) is 76.4 Å². The number of phenols is 1. The molecule has 0 radical (unpaired) electrons. The first-order valence-electron chi connectivity index (χ1n) is 19.1. The molecule has 1 aromatic carbocycles. The summed E-state index contributed by atoms with van der Waals surface area (Å²) in [5, 5.41) is 39.5. The number of Topliss-reactive ketones (excluding diaryl/α,β-unsaturated/α-hetero) is 1. The number of aliphatic hydroxyl groups is 2. The van der Waals surface area contributed by atoms with Crippen LogP contribution in [0.4, 0.5) is 0 Å². The number of rotatable bonds is 9. The van der Waals surface area contributed by atoms with Crippen molar-refractivity contribution in [3.63, 3.8) is 0 Å². The molecule has 2 bridgehead atoms. The second-order valence-electron chi connectivity index (χ2n) is 15.4. The summed E-state index contributed by atoms with van der Waals surface area (Å²) in [6.07, 6.45) is 6.55. The van der Waals surface area contributed by atoms with Gasteiger partial charge in [0.05, 0.1) is 18.1 Å². The first kappa shape index (κ1) is 45.0. The minimum atomic E-state index is -1.39. The fourth-order valence-electron chi connectivity index (χ4n) is 6.50. The van der Waals surface area contributed by atoms with Crippen LogP contribution in [-0.4, -0.2) is 118 Å². The summed E-state index contributed by atoms with van der Waals surface area (Å²) in [5.74, 6) is -5.07. The number of likely N-dealkylation sites (N-methyl/N-ethyl adjacent to an activating group) is 1. The number of hydrazine groups is 1. The maximum Gasteiger partial charge on any atom is 0.325 e. The molecule has 8 atom stereocenters. The zero-order valence-electron chi connectivity index (χ0n) is 33.2. The number of allylic oxidation sites excluding steroid dienone is 2. The molecule has 6 N–H and O–H groups in total. The van der Waals surface area contributed by atoms with Crippen molar-refractivity contribution in [3.05, 3.63) is 65.8 Å². The van der Waals surface area contributed by atoms with Gasteiger partial charge in [0.15, 0.2) is 0 Å². The predicted molar refractivity (Wildman–Crippen MR) is 208 cm³/mol. The van der Waals surface area contributed by atoms with Crippen molar-refractivity contribution in [2.45, 2.75) is 110 Å². The number of carbonyl (C=O) groups excluding carboxylic acids is 5. The van der Waals surface area contributed by atoms with Gasteiger partial charge in [0, 0.05) is 38.3 Å². The van der Waals surface area contributed by atoms with E-state index in [4.69, 9.17) is 4.74 Å². The molecule has 3 amide bonds. The number of ketones is 1. The van der Waals surface area contributed by atoms with E-state index < -0.39 is 77.9 Å². The number of nitrogens with one attached hydrogen (secondary N) is 3. The molecule has 3 rings (SSSR count). The zero-order valence-corrected chi connectivity index (χ0v) is 33.2. The summed E-state index contributed by atoms with van der Waals surface area (Å²) in [4.78, 5) is 69.8. The van der Waals surface area contributed by atoms with Crippen molar-refractivity contribution in [2.24, 2.45) is 17.8 Å². The summed E-state index contributed by atoms with van der Waals surface area (Å²) in [7, 11) is 3.85. The van der Waals surface area contributed by atoms with E-state index in [0.717, 1.165) is 5.57 Å². The van der Waals surface area contributed by atoms with E-state index in [1.807, 2.05) is 32.0 Å². The molecule has 1 saturated heterocycles. The number of hydrogen-bond donors (Lipinski definition) is 6. The van der Waals surface area contributed by atoms with E-state index in [2.05, 4.69) is 16.1 Å². The number of esters is 1. The molecule has 2 aliphatic heterocycles. The second-order valence-corrected chi connectivity index (χ2v) is 15.4. The molecular weight excluding hydrogens is 706 g/mol. The van der Waals surface area contributed by atoms with Gasteiger partial charge in [0.25, 0.3) is 5.91 Å². The number of aromatic hydroxyl groups is 1. The monoisotopic (exact) mass is 767 g/mol. The molecule has 14 heteroatoms. The molecule has 55 heavy (non-hydrogen) atoms. The second kappa shape index (κ2) is 21.6. The highest BCUT2D eigenvalue weighted by Crippen LogP contribution is 2.24. The van der Waals surface area contributed by atoms with Crippen molar-refractivity contribution in [1.82, 2.24) is 26.0 Å². The van der Waals surface area contributed by atoms with Gasteiger partial charge < -0.3 is 40.4 Å². The highest BCUT2D eigenvalue weighted by atomic mass is 16.5. The smallest absolute Gasteiger partial charge is 0.325 e. The Bertz CT molecular complexity index is 1570. The van der Waals surface area contributed by atoms with E-state index >= 15 is 0 Å². The van der Waals surface area contributed by atoms with Crippen LogP contribution in [-0.2, 0) is 35.1 Å². The van der Waals surface area contributed by atoms with Crippen LogP contribution in [0.5, 0.6) is 5.75 Å². The Kier molecular flexibility index (Phi) is 17.7. The molecule has 0 saturated carbocycles. The van der Waals surface area contributed by atoms with Gasteiger partial charge in [-0.25, -0.2) is 5.43 Å². The van der Waals surface area contributed by atoms with Crippen LogP contribution >= 0.6 is 0 Å². The molecule has 0 aliphatic carbocycles. The normalized spacial score (nSPS) is 29.4. The lowest BCUT2D eigenvalue weighted by Gasteiger charge is -2.36. The van der Waals surface area contributed by atoms with Gasteiger partial charge in [-0.2, -0.15) is 0 Å². The Hall–Kier alpha value is -4.37. The molecule has 1 aromatic rings. The largest absolute Gasteiger partial charge is 0.508 e. The average molecular weight is 768 g/mol. The Morgan fingerprint density at radius 2 is 1.80 bits per heavy atom. The van der Waals surface area contributed by atoms with Crippen molar-refractivity contribution in [3.8, 4) is 5.75 Å². The van der Waals surface area contributed by atoms with Crippen molar-refractivity contribution in [1.29, 1.82) is 0 Å². The lowest BCUT2D eigenvalue weighted by atomic mass is 9.84. The highest BCUT2D eigenvalue weighted by molar-refractivity contribution is 5.93. The van der Waals surface area contributed by atoms with Crippen molar-refractivity contribution < 1.29 is 44.0 Å². The van der Waals surface area contributed by atoms with Crippen molar-refractivity contribution in [2.75, 3.05) is 27.2 Å². The number of aliphatic hydroxyl groups excluding tert-OH is 2. The number of fused-ring (bicyclic) bond motifs is 2. The zero-order chi connectivity index (χ0) is 40.8. The van der Waals surface area contributed by atoms with Gasteiger partial charge in [0.2, 0.25) is 11.8 Å². The molecular formula is C41H61N5O9. The van der Waals surface area contributed by atoms with E-state index in [-0.39, 0.29) is 37.3 Å². The third kappa shape index (κ3) is 14.0. The fraction of sp³-hybridized carbons (Fsp3) is 0.585. The minimum absolute atomic E-state index is 0.00640. The van der Waals surface area contributed by atoms with E-state index in [1.54, 1.807) is 51.1 Å². The first-order valence-corrected chi connectivity index (χ1v) is 19.1. The first-order chi connectivity index (χ1) is 26.0. The number of benzene rings is 1. The number of cyclic esters (lactones) is 1. The minimum Gasteiger partial charge on any atom is -0.508 e. The van der Waals surface area contributed by atoms with Gasteiger partial charge in [-0.1, -0.05) is 63.3 Å². The topological polar surface area (TPSA) is 198 Å². The fourth-order valence-corrected chi connectivity index (χ4v) is 6.50. The number of amides is 3. The van der Waals surface area contributed by atoms with Gasteiger partial charge in [0.1, 0.15) is 35.8 Å². The molecule has 2 heterocycles. The lowest BCUT2D eigenvalue weighted by Crippen LogP contribution is -2.62. The Balaban J connectivity index is 2.07. The predicted octanol–water partition coefficient (Wildman–Crippen LogP) is 2.34. The van der Waals surface area contributed by atoms with Crippen LogP contribution in [0.1, 0.15) is 72.3 Å². The SMILES string of the molecule is CC(=O)CC[C@H]1C(=O)N[C@@H](C(C)C)C(=O)N[C@@H](Cc2cccc(O)c2)C(=O)N2CCCC(N2)C(=O)O[C@@H](/C(C)=C/CN(C)C)C/C=C/C=C/[C@H](O)[C@H](C)[C@H]1O. The highest BCUT2D eigenvalue weighted by Gasteiger charge is 2.38. The van der Waals surface area contributed by atoms with Gasteiger partial charge in [-0.15, -0.1) is 0 Å². The van der Waals surface area contributed by atoms with Crippen LogP contribution in [0.25, 0.3) is 0 Å². The Labute approximate surface area is 325 Å². The molecule has 1 unspecified atom stereocenters. The van der Waals surface area contributed by atoms with Gasteiger partial charge in [-0.3, -0.25) is 24.2 Å². The van der Waals surface area contributed by atoms with Crippen LogP contribution < -0.4 is 16.1 Å². The molecule has 0 spiro atoms. The van der Waals surface area contributed by atoms with E-state index in [9.17, 15) is 39.3 Å². The van der Waals surface area contributed by atoms with E-state index in [0.29, 0.717) is 31.4 Å². The molecule has 0 aromatic heterocycles. The number of nitrogens with zero attached hydrogens (tertiary/aromatic N) is 2. The summed E-state index contributed by atoms with van der Waals surface area (Å²) in [5.41, 5.74) is 4.41. The molecule has 14 nitrogen and oxygen atoms in total. The maximum atomic E-state index is 14.2. The van der Waals surface area contributed by atoms with Crippen LogP contribution in [0, 0.1) is 17.8 Å².